The lowest BCUT2D eigenvalue weighted by molar-refractivity contribution is -0.133. The average Bonchev–Trinajstić information content (AvgIpc) is 3.30. The molecule has 3 aromatic carbocycles. The quantitative estimate of drug-likeness (QED) is 0.316. The van der Waals surface area contributed by atoms with Gasteiger partial charge in [-0.1, -0.05) is 49.2 Å². The van der Waals surface area contributed by atoms with Crippen LogP contribution in [0.2, 0.25) is 0 Å². The molecule has 38 heavy (non-hydrogen) atoms. The van der Waals surface area contributed by atoms with Crippen molar-refractivity contribution in [1.29, 1.82) is 0 Å². The number of amides is 2. The fraction of sp³-hybridized carbons (Fsp3) is 0.300. The third kappa shape index (κ3) is 5.75. The summed E-state index contributed by atoms with van der Waals surface area (Å²) < 4.78 is 15.1. The summed E-state index contributed by atoms with van der Waals surface area (Å²) in [7, 11) is 0. The monoisotopic (exact) mass is 514 g/mol. The molecule has 1 heterocycles. The molecule has 0 spiro atoms. The van der Waals surface area contributed by atoms with Crippen LogP contribution in [0.15, 0.2) is 72.8 Å². The Balaban J connectivity index is 1.24. The van der Waals surface area contributed by atoms with Crippen LogP contribution in [0, 0.1) is 11.7 Å². The van der Waals surface area contributed by atoms with Crippen molar-refractivity contribution in [2.45, 2.75) is 44.8 Å². The fourth-order valence-corrected chi connectivity index (χ4v) is 5.34. The SMILES string of the molecule is O=C(CNc1ccc(F)cc1)NC(=O)[C@H]1CCCC[C@H]1c1ccc(Cn2c(CO)nc3ccccc32)cc1. The number of hydrogen-bond acceptors (Lipinski definition) is 5. The number of nitrogens with zero attached hydrogens (tertiary/aromatic N) is 2. The average molecular weight is 515 g/mol. The topological polar surface area (TPSA) is 96.2 Å². The van der Waals surface area contributed by atoms with E-state index in [2.05, 4.69) is 39.9 Å². The lowest BCUT2D eigenvalue weighted by Crippen LogP contribution is -2.41. The zero-order chi connectivity index (χ0) is 26.5. The zero-order valence-corrected chi connectivity index (χ0v) is 21.1. The molecule has 0 saturated heterocycles. The van der Waals surface area contributed by atoms with Crippen molar-refractivity contribution >= 4 is 28.5 Å². The van der Waals surface area contributed by atoms with Gasteiger partial charge in [-0.2, -0.15) is 0 Å². The Bertz CT molecular complexity index is 1420. The van der Waals surface area contributed by atoms with Crippen LogP contribution in [-0.2, 0) is 22.7 Å². The molecule has 1 fully saturated rings. The maximum atomic E-state index is 13.1. The van der Waals surface area contributed by atoms with Gasteiger partial charge in [-0.25, -0.2) is 9.37 Å². The molecule has 3 N–H and O–H groups in total. The third-order valence-electron chi connectivity index (χ3n) is 7.29. The van der Waals surface area contributed by atoms with Crippen LogP contribution < -0.4 is 10.6 Å². The van der Waals surface area contributed by atoms with E-state index in [9.17, 15) is 19.1 Å². The molecule has 0 aliphatic heterocycles. The van der Waals surface area contributed by atoms with Gasteiger partial charge < -0.3 is 15.0 Å². The second-order valence-corrected chi connectivity index (χ2v) is 9.77. The number of imidazole rings is 1. The molecule has 0 unspecified atom stereocenters. The number of anilines is 1. The summed E-state index contributed by atoms with van der Waals surface area (Å²) in [5, 5.41) is 15.3. The highest BCUT2D eigenvalue weighted by Gasteiger charge is 2.32. The number of aliphatic hydroxyl groups excluding tert-OH is 1. The Morgan fingerprint density at radius 1 is 0.974 bits per heavy atom. The first-order valence-corrected chi connectivity index (χ1v) is 13.0. The van der Waals surface area contributed by atoms with Gasteiger partial charge in [0.2, 0.25) is 11.8 Å². The largest absolute Gasteiger partial charge is 0.388 e. The highest BCUT2D eigenvalue weighted by atomic mass is 19.1. The van der Waals surface area contributed by atoms with E-state index in [-0.39, 0.29) is 36.7 Å². The van der Waals surface area contributed by atoms with E-state index in [1.807, 2.05) is 28.8 Å². The molecule has 0 radical (unpaired) electrons. The van der Waals surface area contributed by atoms with Crippen LogP contribution in [0.5, 0.6) is 0 Å². The molecular formula is C30H31FN4O3. The molecule has 0 bridgehead atoms. The van der Waals surface area contributed by atoms with E-state index in [0.717, 1.165) is 47.8 Å². The number of nitrogens with one attached hydrogen (secondary N) is 2. The number of carbonyl (C=O) groups is 2. The summed E-state index contributed by atoms with van der Waals surface area (Å²) in [6.07, 6.45) is 3.61. The molecule has 2 amide bonds. The minimum Gasteiger partial charge on any atom is -0.388 e. The second-order valence-electron chi connectivity index (χ2n) is 9.77. The predicted octanol–water partition coefficient (Wildman–Crippen LogP) is 4.74. The molecule has 1 aromatic heterocycles. The summed E-state index contributed by atoms with van der Waals surface area (Å²) in [6, 6.07) is 21.8. The first kappa shape index (κ1) is 25.6. The van der Waals surface area contributed by atoms with E-state index >= 15 is 0 Å². The van der Waals surface area contributed by atoms with Gasteiger partial charge in [0.05, 0.1) is 17.6 Å². The number of rotatable bonds is 8. The van der Waals surface area contributed by atoms with Gasteiger partial charge >= 0.3 is 0 Å². The van der Waals surface area contributed by atoms with Crippen LogP contribution in [0.25, 0.3) is 11.0 Å². The van der Waals surface area contributed by atoms with Crippen LogP contribution >= 0.6 is 0 Å². The van der Waals surface area contributed by atoms with E-state index in [4.69, 9.17) is 0 Å². The maximum Gasteiger partial charge on any atom is 0.245 e. The van der Waals surface area contributed by atoms with Gasteiger partial charge in [-0.3, -0.25) is 14.9 Å². The number of aromatic nitrogens is 2. The van der Waals surface area contributed by atoms with Crippen molar-refractivity contribution in [2.24, 2.45) is 5.92 Å². The Hall–Kier alpha value is -4.04. The minimum absolute atomic E-state index is 0.0396. The van der Waals surface area contributed by atoms with Crippen molar-refractivity contribution in [1.82, 2.24) is 14.9 Å². The standard InChI is InChI=1S/C30H31FN4O3/c31-22-13-15-23(16-14-22)32-17-29(37)34-30(38)25-6-2-1-5-24(25)21-11-9-20(10-12-21)18-35-27-8-4-3-7-26(27)33-28(35)19-36/h3-4,7-16,24-25,32,36H,1-2,5-6,17-19H2,(H,34,37,38)/t24-,25-/m0/s1. The molecule has 1 aliphatic carbocycles. The maximum absolute atomic E-state index is 13.1. The molecule has 4 aromatic rings. The molecule has 1 aliphatic rings. The first-order chi connectivity index (χ1) is 18.5. The number of para-hydroxylation sites is 2. The second kappa shape index (κ2) is 11.6. The Labute approximate surface area is 220 Å². The van der Waals surface area contributed by atoms with Gasteiger partial charge in [0.25, 0.3) is 0 Å². The summed E-state index contributed by atoms with van der Waals surface area (Å²) >= 11 is 0. The van der Waals surface area contributed by atoms with Gasteiger partial charge in [0.1, 0.15) is 18.2 Å². The number of aliphatic hydroxyl groups is 1. The van der Waals surface area contributed by atoms with Gasteiger partial charge in [0.15, 0.2) is 0 Å². The molecule has 2 atom stereocenters. The molecule has 1 saturated carbocycles. The summed E-state index contributed by atoms with van der Waals surface area (Å²) in [4.78, 5) is 30.0. The number of fused-ring (bicyclic) bond motifs is 1. The van der Waals surface area contributed by atoms with Gasteiger partial charge in [-0.05, 0) is 66.3 Å². The summed E-state index contributed by atoms with van der Waals surface area (Å²) in [5.74, 6) is -0.622. The molecule has 5 rings (SSSR count). The van der Waals surface area contributed by atoms with E-state index in [1.54, 1.807) is 12.1 Å². The Kier molecular flexibility index (Phi) is 7.79. The third-order valence-corrected chi connectivity index (χ3v) is 7.29. The van der Waals surface area contributed by atoms with Crippen LogP contribution in [-0.4, -0.2) is 33.0 Å². The van der Waals surface area contributed by atoms with Gasteiger partial charge in [0, 0.05) is 18.2 Å². The first-order valence-electron chi connectivity index (χ1n) is 13.0. The normalized spacial score (nSPS) is 17.3. The van der Waals surface area contributed by atoms with Crippen molar-refractivity contribution < 1.29 is 19.1 Å². The molecule has 196 valence electrons. The van der Waals surface area contributed by atoms with Crippen molar-refractivity contribution in [2.75, 3.05) is 11.9 Å². The minimum atomic E-state index is -0.411. The summed E-state index contributed by atoms with van der Waals surface area (Å²) in [6.45, 7) is 0.382. The Morgan fingerprint density at radius 3 is 2.47 bits per heavy atom. The fourth-order valence-electron chi connectivity index (χ4n) is 5.34. The lowest BCUT2D eigenvalue weighted by Gasteiger charge is -2.31. The van der Waals surface area contributed by atoms with E-state index < -0.39 is 5.91 Å². The summed E-state index contributed by atoms with van der Waals surface area (Å²) in [5.41, 5.74) is 4.60. The van der Waals surface area contributed by atoms with Crippen molar-refractivity contribution in [3.05, 3.63) is 95.6 Å². The lowest BCUT2D eigenvalue weighted by atomic mass is 9.75. The number of hydrogen-bond donors (Lipinski definition) is 3. The number of imide groups is 1. The number of halogens is 1. The van der Waals surface area contributed by atoms with Crippen LogP contribution in [0.4, 0.5) is 10.1 Å². The number of carbonyl (C=O) groups excluding carboxylic acids is 2. The number of benzene rings is 3. The van der Waals surface area contributed by atoms with Crippen molar-refractivity contribution in [3.63, 3.8) is 0 Å². The Morgan fingerprint density at radius 2 is 1.71 bits per heavy atom. The molecule has 7 nitrogen and oxygen atoms in total. The van der Waals surface area contributed by atoms with Gasteiger partial charge in [-0.15, -0.1) is 0 Å². The predicted molar refractivity (Wildman–Crippen MR) is 144 cm³/mol. The molecule has 8 heteroatoms. The van der Waals surface area contributed by atoms with E-state index in [1.165, 1.54) is 12.1 Å². The van der Waals surface area contributed by atoms with Crippen LogP contribution in [0.1, 0.15) is 48.6 Å². The van der Waals surface area contributed by atoms with E-state index in [0.29, 0.717) is 18.1 Å². The molecular weight excluding hydrogens is 483 g/mol. The highest BCUT2D eigenvalue weighted by molar-refractivity contribution is 5.98. The smallest absolute Gasteiger partial charge is 0.245 e. The van der Waals surface area contributed by atoms with Crippen LogP contribution in [0.3, 0.4) is 0 Å². The zero-order valence-electron chi connectivity index (χ0n) is 21.1. The highest BCUT2D eigenvalue weighted by Crippen LogP contribution is 2.38. The van der Waals surface area contributed by atoms with Crippen molar-refractivity contribution in [3.8, 4) is 0 Å².